The van der Waals surface area contributed by atoms with Gasteiger partial charge >= 0.3 is 0 Å². The molecule has 1 aromatic carbocycles. The lowest BCUT2D eigenvalue weighted by atomic mass is 10.2. The minimum absolute atomic E-state index is 0.0505. The number of carbonyl (C=O) groups excluding carboxylic acids is 1. The van der Waals surface area contributed by atoms with Crippen LogP contribution in [0.4, 0.5) is 0 Å². The van der Waals surface area contributed by atoms with Crippen LogP contribution in [0.3, 0.4) is 0 Å². The summed E-state index contributed by atoms with van der Waals surface area (Å²) < 4.78 is 11.9. The molecule has 0 radical (unpaired) electrons. The fraction of sp³-hybridized carbons (Fsp3) is 0.533. The number of halogens is 1. The Balaban J connectivity index is 2.72. The molecular formula is C15H23BrN2O3. The molecule has 0 bridgehead atoms. The molecule has 21 heavy (non-hydrogen) atoms. The van der Waals surface area contributed by atoms with Gasteiger partial charge in [0.2, 0.25) is 5.91 Å². The smallest absolute Gasteiger partial charge is 0.223 e. The quantitative estimate of drug-likeness (QED) is 0.665. The van der Waals surface area contributed by atoms with Crippen LogP contribution in [-0.4, -0.2) is 33.2 Å². The number of methoxy groups -OCH3 is 1. The van der Waals surface area contributed by atoms with Gasteiger partial charge < -0.3 is 20.1 Å². The summed E-state index contributed by atoms with van der Waals surface area (Å²) in [6.45, 7) is 4.20. The predicted octanol–water partition coefficient (Wildman–Crippen LogP) is 2.47. The van der Waals surface area contributed by atoms with E-state index in [1.165, 1.54) is 0 Å². The van der Waals surface area contributed by atoms with E-state index in [2.05, 4.69) is 33.5 Å². The number of nitrogens with one attached hydrogen (secondary N) is 2. The van der Waals surface area contributed by atoms with Crippen molar-refractivity contribution in [2.75, 3.05) is 27.3 Å². The molecule has 0 saturated heterocycles. The first-order valence-electron chi connectivity index (χ1n) is 7.02. The zero-order valence-electron chi connectivity index (χ0n) is 12.8. The fourth-order valence-corrected chi connectivity index (χ4v) is 2.40. The van der Waals surface area contributed by atoms with Crippen molar-refractivity contribution >= 4 is 21.8 Å². The summed E-state index contributed by atoms with van der Waals surface area (Å²) in [5.41, 5.74) is 1.12. The highest BCUT2D eigenvalue weighted by Crippen LogP contribution is 2.36. The largest absolute Gasteiger partial charge is 0.493 e. The van der Waals surface area contributed by atoms with Crippen LogP contribution in [0.5, 0.6) is 11.5 Å². The van der Waals surface area contributed by atoms with Crippen molar-refractivity contribution in [2.45, 2.75) is 26.3 Å². The molecule has 0 atom stereocenters. The molecule has 6 heteroatoms. The number of ether oxygens (including phenoxy) is 2. The normalized spacial score (nSPS) is 10.3. The molecule has 0 aromatic heterocycles. The van der Waals surface area contributed by atoms with Gasteiger partial charge in [0.15, 0.2) is 11.5 Å². The summed E-state index contributed by atoms with van der Waals surface area (Å²) in [7, 11) is 3.22. The van der Waals surface area contributed by atoms with E-state index < -0.39 is 0 Å². The van der Waals surface area contributed by atoms with Gasteiger partial charge in [0.05, 0.1) is 24.6 Å². The maximum absolute atomic E-state index is 11.2. The first-order valence-corrected chi connectivity index (χ1v) is 7.82. The zero-order chi connectivity index (χ0) is 15.7. The Bertz CT molecular complexity index is 466. The van der Waals surface area contributed by atoms with Crippen molar-refractivity contribution in [1.82, 2.24) is 10.6 Å². The van der Waals surface area contributed by atoms with E-state index in [1.54, 1.807) is 14.2 Å². The van der Waals surface area contributed by atoms with Gasteiger partial charge in [-0.15, -0.1) is 0 Å². The molecule has 0 fully saturated rings. The Labute approximate surface area is 134 Å². The summed E-state index contributed by atoms with van der Waals surface area (Å²) in [6, 6.07) is 3.95. The van der Waals surface area contributed by atoms with E-state index in [9.17, 15) is 4.79 Å². The average molecular weight is 359 g/mol. The maximum Gasteiger partial charge on any atom is 0.223 e. The van der Waals surface area contributed by atoms with Crippen molar-refractivity contribution in [2.24, 2.45) is 0 Å². The van der Waals surface area contributed by atoms with Crippen LogP contribution in [0.25, 0.3) is 0 Å². The standard InChI is InChI=1S/C15H23BrN2O3/c1-4-6-18-10-11-8-12(16)15(13(9-11)20-3)21-7-5-14(19)17-2/h8-9,18H,4-7,10H2,1-3H3,(H,17,19). The predicted molar refractivity (Wildman–Crippen MR) is 86.9 cm³/mol. The molecular weight excluding hydrogens is 336 g/mol. The Morgan fingerprint density at radius 2 is 2.14 bits per heavy atom. The Morgan fingerprint density at radius 1 is 1.38 bits per heavy atom. The molecule has 1 aromatic rings. The molecule has 0 spiro atoms. The minimum atomic E-state index is -0.0505. The minimum Gasteiger partial charge on any atom is -0.493 e. The van der Waals surface area contributed by atoms with Crippen LogP contribution >= 0.6 is 15.9 Å². The number of rotatable bonds is 9. The number of carbonyl (C=O) groups is 1. The monoisotopic (exact) mass is 358 g/mol. The van der Waals surface area contributed by atoms with Crippen molar-refractivity contribution < 1.29 is 14.3 Å². The molecule has 1 amide bonds. The van der Waals surface area contributed by atoms with Crippen molar-refractivity contribution in [3.63, 3.8) is 0 Å². The molecule has 118 valence electrons. The highest BCUT2D eigenvalue weighted by atomic mass is 79.9. The van der Waals surface area contributed by atoms with Gasteiger partial charge in [0.25, 0.3) is 0 Å². The maximum atomic E-state index is 11.2. The van der Waals surface area contributed by atoms with Gasteiger partial charge in [-0.2, -0.15) is 0 Å². The van der Waals surface area contributed by atoms with Crippen LogP contribution in [0.15, 0.2) is 16.6 Å². The summed E-state index contributed by atoms with van der Waals surface area (Å²) in [5.74, 6) is 1.24. The highest BCUT2D eigenvalue weighted by molar-refractivity contribution is 9.10. The first-order chi connectivity index (χ1) is 10.1. The molecule has 0 saturated carbocycles. The van der Waals surface area contributed by atoms with Gasteiger partial charge in [-0.1, -0.05) is 6.92 Å². The second-order valence-electron chi connectivity index (χ2n) is 4.56. The Kier molecular flexibility index (Phi) is 8.15. The third-order valence-electron chi connectivity index (χ3n) is 2.90. The van der Waals surface area contributed by atoms with Crippen molar-refractivity contribution in [3.05, 3.63) is 22.2 Å². The second-order valence-corrected chi connectivity index (χ2v) is 5.41. The van der Waals surface area contributed by atoms with Gasteiger partial charge in [-0.3, -0.25) is 4.79 Å². The van der Waals surface area contributed by atoms with Gasteiger partial charge in [0.1, 0.15) is 0 Å². The SMILES string of the molecule is CCCNCc1cc(Br)c(OCCC(=O)NC)c(OC)c1. The molecule has 0 aliphatic rings. The molecule has 5 nitrogen and oxygen atoms in total. The fourth-order valence-electron chi connectivity index (χ4n) is 1.80. The number of hydrogen-bond acceptors (Lipinski definition) is 4. The average Bonchev–Trinajstić information content (AvgIpc) is 2.48. The zero-order valence-corrected chi connectivity index (χ0v) is 14.4. The molecule has 2 N–H and O–H groups in total. The Hall–Kier alpha value is -1.27. The number of hydrogen-bond donors (Lipinski definition) is 2. The molecule has 0 aliphatic carbocycles. The second kappa shape index (κ2) is 9.63. The lowest BCUT2D eigenvalue weighted by molar-refractivity contribution is -0.121. The molecule has 0 unspecified atom stereocenters. The third-order valence-corrected chi connectivity index (χ3v) is 3.49. The van der Waals surface area contributed by atoms with Crippen molar-refractivity contribution in [3.8, 4) is 11.5 Å². The van der Waals surface area contributed by atoms with E-state index >= 15 is 0 Å². The highest BCUT2D eigenvalue weighted by Gasteiger charge is 2.12. The van der Waals surface area contributed by atoms with E-state index in [4.69, 9.17) is 9.47 Å². The molecule has 0 heterocycles. The topological polar surface area (TPSA) is 59.6 Å². The Morgan fingerprint density at radius 3 is 2.76 bits per heavy atom. The third kappa shape index (κ3) is 5.93. The van der Waals surface area contributed by atoms with Crippen LogP contribution < -0.4 is 20.1 Å². The lowest BCUT2D eigenvalue weighted by Crippen LogP contribution is -2.20. The summed E-state index contributed by atoms with van der Waals surface area (Å²) in [6.07, 6.45) is 1.41. The van der Waals surface area contributed by atoms with Crippen LogP contribution in [0, 0.1) is 0 Å². The lowest BCUT2D eigenvalue weighted by Gasteiger charge is -2.14. The van der Waals surface area contributed by atoms with E-state index in [0.717, 1.165) is 29.5 Å². The number of amides is 1. The van der Waals surface area contributed by atoms with Gasteiger partial charge in [-0.25, -0.2) is 0 Å². The van der Waals surface area contributed by atoms with Crippen LogP contribution in [0.1, 0.15) is 25.3 Å². The molecule has 1 rings (SSSR count). The van der Waals surface area contributed by atoms with Gasteiger partial charge in [-0.05, 0) is 46.6 Å². The van der Waals surface area contributed by atoms with Gasteiger partial charge in [0, 0.05) is 13.6 Å². The summed E-state index contributed by atoms with van der Waals surface area (Å²) in [5, 5.41) is 5.91. The van der Waals surface area contributed by atoms with E-state index in [-0.39, 0.29) is 5.91 Å². The van der Waals surface area contributed by atoms with Crippen LogP contribution in [-0.2, 0) is 11.3 Å². The van der Waals surface area contributed by atoms with E-state index in [0.29, 0.717) is 24.5 Å². The van der Waals surface area contributed by atoms with Crippen molar-refractivity contribution in [1.29, 1.82) is 0 Å². The summed E-state index contributed by atoms with van der Waals surface area (Å²) >= 11 is 3.50. The van der Waals surface area contributed by atoms with E-state index in [1.807, 2.05) is 12.1 Å². The summed E-state index contributed by atoms with van der Waals surface area (Å²) in [4.78, 5) is 11.2. The number of benzene rings is 1. The molecule has 0 aliphatic heterocycles. The van der Waals surface area contributed by atoms with Crippen LogP contribution in [0.2, 0.25) is 0 Å². The first kappa shape index (κ1) is 17.8.